The third-order valence-corrected chi connectivity index (χ3v) is 3.89. The van der Waals surface area contributed by atoms with Gasteiger partial charge < -0.3 is 5.32 Å². The van der Waals surface area contributed by atoms with Gasteiger partial charge in [0.25, 0.3) is 0 Å². The Kier molecular flexibility index (Phi) is 2.88. The third-order valence-electron chi connectivity index (χ3n) is 3.89. The van der Waals surface area contributed by atoms with Crippen molar-refractivity contribution in [1.82, 2.24) is 5.32 Å². The molecule has 0 bridgehead atoms. The highest BCUT2D eigenvalue weighted by molar-refractivity contribution is 5.16. The van der Waals surface area contributed by atoms with E-state index in [0.717, 1.165) is 12.8 Å². The van der Waals surface area contributed by atoms with E-state index >= 15 is 0 Å². The Morgan fingerprint density at radius 1 is 1.14 bits per heavy atom. The van der Waals surface area contributed by atoms with E-state index in [1.165, 1.54) is 44.3 Å². The van der Waals surface area contributed by atoms with Crippen LogP contribution in [0, 0.1) is 16.7 Å². The number of hydrogen-bond acceptors (Lipinski definition) is 2. The predicted octanol–water partition coefficient (Wildman–Crippen LogP) is 2.38. The number of rotatable bonds is 0. The molecule has 2 fully saturated rings. The topological polar surface area (TPSA) is 35.8 Å². The number of allylic oxidation sites excluding steroid dienone is 2. The molecule has 2 aliphatic rings. The highest BCUT2D eigenvalue weighted by Gasteiger charge is 2.34. The molecule has 1 aliphatic heterocycles. The molecular weight excluding hydrogens is 172 g/mol. The molecule has 0 unspecified atom stereocenters. The van der Waals surface area contributed by atoms with Crippen LogP contribution in [0.4, 0.5) is 0 Å². The van der Waals surface area contributed by atoms with E-state index in [0.29, 0.717) is 5.41 Å². The van der Waals surface area contributed by atoms with Crippen molar-refractivity contribution in [3.05, 3.63) is 11.6 Å². The van der Waals surface area contributed by atoms with Crippen LogP contribution in [0.2, 0.25) is 0 Å². The van der Waals surface area contributed by atoms with Gasteiger partial charge in [0.1, 0.15) is 0 Å². The molecule has 0 aromatic rings. The highest BCUT2D eigenvalue weighted by atomic mass is 14.9. The molecule has 1 saturated carbocycles. The molecule has 0 radical (unpaired) electrons. The van der Waals surface area contributed by atoms with Gasteiger partial charge in [-0.05, 0) is 57.0 Å². The molecule has 0 atom stereocenters. The van der Waals surface area contributed by atoms with Gasteiger partial charge in [0, 0.05) is 6.08 Å². The maximum atomic E-state index is 8.58. The fraction of sp³-hybridized carbons (Fsp3) is 0.750. The molecule has 1 aliphatic carbocycles. The van der Waals surface area contributed by atoms with Crippen LogP contribution in [-0.2, 0) is 0 Å². The summed E-state index contributed by atoms with van der Waals surface area (Å²) < 4.78 is 0. The summed E-state index contributed by atoms with van der Waals surface area (Å²) in [5, 5.41) is 12.0. The summed E-state index contributed by atoms with van der Waals surface area (Å²) in [5.41, 5.74) is 1.99. The number of nitrogens with zero attached hydrogens (tertiary/aromatic N) is 1. The minimum absolute atomic E-state index is 0.623. The Balaban J connectivity index is 1.94. The molecule has 2 heteroatoms. The Bertz CT molecular complexity index is 255. The van der Waals surface area contributed by atoms with Gasteiger partial charge in [-0.2, -0.15) is 5.26 Å². The maximum absolute atomic E-state index is 8.58. The van der Waals surface area contributed by atoms with E-state index < -0.39 is 0 Å². The summed E-state index contributed by atoms with van der Waals surface area (Å²) in [5.74, 6) is 0. The Morgan fingerprint density at radius 3 is 2.36 bits per heavy atom. The van der Waals surface area contributed by atoms with Crippen LogP contribution in [0.3, 0.4) is 0 Å². The quantitative estimate of drug-likeness (QED) is 0.595. The average Bonchev–Trinajstić information content (AvgIpc) is 2.24. The molecular formula is C12H18N2. The van der Waals surface area contributed by atoms with Crippen LogP contribution in [-0.4, -0.2) is 13.1 Å². The molecule has 14 heavy (non-hydrogen) atoms. The van der Waals surface area contributed by atoms with E-state index in [9.17, 15) is 0 Å². The first kappa shape index (κ1) is 9.73. The molecule has 0 aromatic heterocycles. The summed E-state index contributed by atoms with van der Waals surface area (Å²) in [6.45, 7) is 2.38. The number of nitrogens with one attached hydrogen (secondary N) is 1. The first-order chi connectivity index (χ1) is 6.85. The third kappa shape index (κ3) is 1.99. The summed E-state index contributed by atoms with van der Waals surface area (Å²) in [4.78, 5) is 0. The molecule has 1 spiro atoms. The Labute approximate surface area is 86.0 Å². The summed E-state index contributed by atoms with van der Waals surface area (Å²) in [6.07, 6.45) is 9.37. The maximum Gasteiger partial charge on any atom is 0.0911 e. The molecule has 1 saturated heterocycles. The van der Waals surface area contributed by atoms with Crippen LogP contribution in [0.25, 0.3) is 0 Å². The minimum Gasteiger partial charge on any atom is -0.317 e. The molecule has 76 valence electrons. The number of nitriles is 1. The fourth-order valence-electron chi connectivity index (χ4n) is 2.79. The normalized spacial score (nSPS) is 25.8. The van der Waals surface area contributed by atoms with Gasteiger partial charge in [0.15, 0.2) is 0 Å². The van der Waals surface area contributed by atoms with Gasteiger partial charge in [-0.1, -0.05) is 5.57 Å². The standard InChI is InChI=1S/C12H18N2/c13-8-3-11-1-4-12(5-2-11)6-9-14-10-7-12/h3,14H,1-2,4-7,9-10H2. The number of hydrogen-bond donors (Lipinski definition) is 1. The van der Waals surface area contributed by atoms with Gasteiger partial charge in [-0.25, -0.2) is 0 Å². The average molecular weight is 190 g/mol. The second-order valence-electron chi connectivity index (χ2n) is 4.68. The monoisotopic (exact) mass is 190 g/mol. The van der Waals surface area contributed by atoms with Crippen molar-refractivity contribution in [3.63, 3.8) is 0 Å². The fourth-order valence-corrected chi connectivity index (χ4v) is 2.79. The van der Waals surface area contributed by atoms with Crippen LogP contribution >= 0.6 is 0 Å². The van der Waals surface area contributed by atoms with Crippen molar-refractivity contribution in [2.24, 2.45) is 5.41 Å². The first-order valence-corrected chi connectivity index (χ1v) is 5.63. The van der Waals surface area contributed by atoms with Crippen molar-refractivity contribution >= 4 is 0 Å². The lowest BCUT2D eigenvalue weighted by Crippen LogP contribution is -2.38. The Hall–Kier alpha value is -0.810. The lowest BCUT2D eigenvalue weighted by Gasteiger charge is -2.41. The Morgan fingerprint density at radius 2 is 1.79 bits per heavy atom. The molecule has 1 heterocycles. The van der Waals surface area contributed by atoms with Crippen molar-refractivity contribution in [3.8, 4) is 6.07 Å². The molecule has 1 N–H and O–H groups in total. The van der Waals surface area contributed by atoms with Gasteiger partial charge in [-0.3, -0.25) is 0 Å². The lowest BCUT2D eigenvalue weighted by molar-refractivity contribution is 0.152. The van der Waals surface area contributed by atoms with E-state index in [1.807, 2.05) is 0 Å². The van der Waals surface area contributed by atoms with E-state index in [4.69, 9.17) is 5.26 Å². The van der Waals surface area contributed by atoms with Crippen molar-refractivity contribution < 1.29 is 0 Å². The SMILES string of the molecule is N#CC=C1CCC2(CCNCC2)CC1. The van der Waals surface area contributed by atoms with Gasteiger partial charge in [0.05, 0.1) is 6.07 Å². The van der Waals surface area contributed by atoms with Gasteiger partial charge in [0.2, 0.25) is 0 Å². The van der Waals surface area contributed by atoms with Crippen LogP contribution in [0.5, 0.6) is 0 Å². The second-order valence-corrected chi connectivity index (χ2v) is 4.68. The van der Waals surface area contributed by atoms with Crippen LogP contribution in [0.15, 0.2) is 11.6 Å². The van der Waals surface area contributed by atoms with Crippen LogP contribution < -0.4 is 5.32 Å². The van der Waals surface area contributed by atoms with Crippen molar-refractivity contribution in [1.29, 1.82) is 5.26 Å². The van der Waals surface area contributed by atoms with E-state index in [-0.39, 0.29) is 0 Å². The number of piperidine rings is 1. The largest absolute Gasteiger partial charge is 0.317 e. The zero-order valence-electron chi connectivity index (χ0n) is 8.68. The van der Waals surface area contributed by atoms with Crippen LogP contribution in [0.1, 0.15) is 38.5 Å². The summed E-state index contributed by atoms with van der Waals surface area (Å²) in [6, 6.07) is 2.15. The predicted molar refractivity (Wildman–Crippen MR) is 56.7 cm³/mol. The van der Waals surface area contributed by atoms with Gasteiger partial charge in [-0.15, -0.1) is 0 Å². The van der Waals surface area contributed by atoms with Crippen molar-refractivity contribution in [2.75, 3.05) is 13.1 Å². The van der Waals surface area contributed by atoms with Gasteiger partial charge >= 0.3 is 0 Å². The highest BCUT2D eigenvalue weighted by Crippen LogP contribution is 2.44. The van der Waals surface area contributed by atoms with E-state index in [2.05, 4.69) is 11.4 Å². The smallest absolute Gasteiger partial charge is 0.0911 e. The lowest BCUT2D eigenvalue weighted by atomic mass is 9.67. The molecule has 2 rings (SSSR count). The first-order valence-electron chi connectivity index (χ1n) is 5.63. The second kappa shape index (κ2) is 4.14. The molecule has 0 amide bonds. The molecule has 2 nitrogen and oxygen atoms in total. The zero-order valence-corrected chi connectivity index (χ0v) is 8.68. The van der Waals surface area contributed by atoms with E-state index in [1.54, 1.807) is 6.08 Å². The summed E-state index contributed by atoms with van der Waals surface area (Å²) in [7, 11) is 0. The molecule has 0 aromatic carbocycles. The van der Waals surface area contributed by atoms with Crippen molar-refractivity contribution in [2.45, 2.75) is 38.5 Å². The summed E-state index contributed by atoms with van der Waals surface area (Å²) >= 11 is 0. The minimum atomic E-state index is 0.623. The zero-order chi connectivity index (χ0) is 9.86.